The van der Waals surface area contributed by atoms with E-state index in [4.69, 9.17) is 15.6 Å². The van der Waals surface area contributed by atoms with Gasteiger partial charge in [-0.1, -0.05) is 62.7 Å². The van der Waals surface area contributed by atoms with E-state index in [-0.39, 0.29) is 11.4 Å². The van der Waals surface area contributed by atoms with Crippen LogP contribution in [-0.4, -0.2) is 27.4 Å². The molecule has 4 N–H and O–H groups in total. The molecule has 0 bridgehead atoms. The highest BCUT2D eigenvalue weighted by molar-refractivity contribution is 6.07. The van der Waals surface area contributed by atoms with E-state index in [1.807, 2.05) is 79.7 Å². The normalized spacial score (nSPS) is 11.4. The molecule has 40 heavy (non-hydrogen) atoms. The number of nitrogens with zero attached hydrogens (tertiary/aromatic N) is 3. The lowest BCUT2D eigenvalue weighted by Crippen LogP contribution is -2.21. The summed E-state index contributed by atoms with van der Waals surface area (Å²) in [6, 6.07) is 23.1. The van der Waals surface area contributed by atoms with Crippen molar-refractivity contribution in [1.29, 1.82) is 0 Å². The van der Waals surface area contributed by atoms with Crippen LogP contribution in [0.5, 0.6) is 5.75 Å². The van der Waals surface area contributed by atoms with Gasteiger partial charge in [-0.3, -0.25) is 10.3 Å². The summed E-state index contributed by atoms with van der Waals surface area (Å²) >= 11 is 0. The Labute approximate surface area is 234 Å². The van der Waals surface area contributed by atoms with E-state index >= 15 is 0 Å². The van der Waals surface area contributed by atoms with Crippen LogP contribution in [0.15, 0.2) is 85.2 Å². The number of benzene rings is 3. The molecule has 8 nitrogen and oxygen atoms in total. The summed E-state index contributed by atoms with van der Waals surface area (Å²) in [5.41, 5.74) is 11.1. The van der Waals surface area contributed by atoms with Gasteiger partial charge >= 0.3 is 6.03 Å². The third kappa shape index (κ3) is 5.91. The second kappa shape index (κ2) is 11.1. The molecule has 2 aromatic heterocycles. The number of aryl methyl sites for hydroxylation is 1. The maximum absolute atomic E-state index is 13.3. The molecule has 0 unspecified atom stereocenters. The maximum atomic E-state index is 13.3. The SMILES string of the molecule is Cc1ccc(-n2nc(C(C)(C)C)cc2NC(=O)Nc2ccc(OCCc3ccncc3N)c3ccccc23)cc1. The monoisotopic (exact) mass is 534 g/mol. The number of hydrogen-bond donors (Lipinski definition) is 3. The third-order valence-electron chi connectivity index (χ3n) is 6.71. The Hall–Kier alpha value is -4.85. The summed E-state index contributed by atoms with van der Waals surface area (Å²) in [4.78, 5) is 17.3. The smallest absolute Gasteiger partial charge is 0.324 e. The molecular formula is C32H34N6O2. The van der Waals surface area contributed by atoms with E-state index in [1.165, 1.54) is 0 Å². The number of ether oxygens (including phenoxy) is 1. The van der Waals surface area contributed by atoms with Gasteiger partial charge in [0, 0.05) is 34.9 Å². The first kappa shape index (κ1) is 26.7. The fraction of sp³-hybridized carbons (Fsp3) is 0.219. The number of rotatable bonds is 7. The summed E-state index contributed by atoms with van der Waals surface area (Å²) < 4.78 is 7.89. The predicted octanol–water partition coefficient (Wildman–Crippen LogP) is 6.87. The first-order valence-electron chi connectivity index (χ1n) is 13.3. The highest BCUT2D eigenvalue weighted by Gasteiger charge is 2.22. The fourth-order valence-corrected chi connectivity index (χ4v) is 4.43. The van der Waals surface area contributed by atoms with Crippen LogP contribution in [0.2, 0.25) is 0 Å². The molecule has 0 atom stereocenters. The number of pyridine rings is 1. The van der Waals surface area contributed by atoms with Gasteiger partial charge in [0.15, 0.2) is 0 Å². The Morgan fingerprint density at radius 1 is 0.975 bits per heavy atom. The highest BCUT2D eigenvalue weighted by Crippen LogP contribution is 2.32. The Bertz CT molecular complexity index is 1650. The summed E-state index contributed by atoms with van der Waals surface area (Å²) in [6.07, 6.45) is 4.04. The van der Waals surface area contributed by atoms with Crippen molar-refractivity contribution in [3.05, 3.63) is 102 Å². The minimum absolute atomic E-state index is 0.183. The Kier molecular flexibility index (Phi) is 7.42. The summed E-state index contributed by atoms with van der Waals surface area (Å²) in [5, 5.41) is 12.6. The molecule has 0 saturated heterocycles. The third-order valence-corrected chi connectivity index (χ3v) is 6.71. The zero-order chi connectivity index (χ0) is 28.3. The van der Waals surface area contributed by atoms with E-state index in [0.717, 1.165) is 39.0 Å². The molecule has 8 heteroatoms. The van der Waals surface area contributed by atoms with Crippen molar-refractivity contribution in [2.24, 2.45) is 0 Å². The minimum Gasteiger partial charge on any atom is -0.493 e. The number of fused-ring (bicyclic) bond motifs is 1. The Balaban J connectivity index is 1.35. The molecule has 2 amide bonds. The van der Waals surface area contributed by atoms with Gasteiger partial charge in [0.05, 0.1) is 35.6 Å². The number of nitrogen functional groups attached to an aromatic ring is 1. The van der Waals surface area contributed by atoms with Crippen LogP contribution in [0.1, 0.15) is 37.6 Å². The van der Waals surface area contributed by atoms with Gasteiger partial charge < -0.3 is 15.8 Å². The first-order chi connectivity index (χ1) is 19.2. The molecule has 0 aliphatic carbocycles. The molecule has 0 saturated carbocycles. The molecule has 3 aromatic carbocycles. The van der Waals surface area contributed by atoms with Gasteiger partial charge in [-0.05, 0) is 42.8 Å². The van der Waals surface area contributed by atoms with E-state index in [0.29, 0.717) is 30.2 Å². The molecule has 0 aliphatic heterocycles. The molecular weight excluding hydrogens is 500 g/mol. The van der Waals surface area contributed by atoms with Crippen LogP contribution in [0.3, 0.4) is 0 Å². The summed E-state index contributed by atoms with van der Waals surface area (Å²) in [5.74, 6) is 1.33. The van der Waals surface area contributed by atoms with Crippen molar-refractivity contribution in [2.75, 3.05) is 23.0 Å². The number of nitrogens with one attached hydrogen (secondary N) is 2. The fourth-order valence-electron chi connectivity index (χ4n) is 4.43. The number of carbonyl (C=O) groups excluding carboxylic acids is 1. The molecule has 0 radical (unpaired) electrons. The Morgan fingerprint density at radius 2 is 1.73 bits per heavy atom. The molecule has 2 heterocycles. The predicted molar refractivity (Wildman–Crippen MR) is 161 cm³/mol. The molecule has 204 valence electrons. The second-order valence-corrected chi connectivity index (χ2v) is 10.8. The molecule has 0 fully saturated rings. The molecule has 0 aliphatic rings. The summed E-state index contributed by atoms with van der Waals surface area (Å²) in [6.45, 7) is 8.80. The van der Waals surface area contributed by atoms with Crippen LogP contribution < -0.4 is 21.1 Å². The molecule has 5 aromatic rings. The topological polar surface area (TPSA) is 107 Å². The van der Waals surface area contributed by atoms with E-state index in [2.05, 4.69) is 36.4 Å². The van der Waals surface area contributed by atoms with Gasteiger partial charge in [-0.25, -0.2) is 9.48 Å². The second-order valence-electron chi connectivity index (χ2n) is 10.8. The van der Waals surface area contributed by atoms with Crippen LogP contribution in [0.25, 0.3) is 16.5 Å². The average molecular weight is 535 g/mol. The standard InChI is InChI=1S/C32H34N6O2/c1-21-9-11-23(12-10-21)38-30(19-29(37-38)32(2,3)4)36-31(39)35-27-13-14-28(25-8-6-5-7-24(25)27)40-18-16-22-15-17-34-20-26(22)33/h5-15,17,19-20H,16,18,33H2,1-4H3,(H2,35,36,39). The van der Waals surface area contributed by atoms with E-state index < -0.39 is 0 Å². The lowest BCUT2D eigenvalue weighted by atomic mass is 9.92. The van der Waals surface area contributed by atoms with Gasteiger partial charge in [0.1, 0.15) is 11.6 Å². The number of carbonyl (C=O) groups is 1. The van der Waals surface area contributed by atoms with Crippen molar-refractivity contribution >= 4 is 34.0 Å². The lowest BCUT2D eigenvalue weighted by Gasteiger charge is -2.15. The highest BCUT2D eigenvalue weighted by atomic mass is 16.5. The number of nitrogens with two attached hydrogens (primary N) is 1. The van der Waals surface area contributed by atoms with Crippen molar-refractivity contribution < 1.29 is 9.53 Å². The molecule has 5 rings (SSSR count). The van der Waals surface area contributed by atoms with Gasteiger partial charge in [0.2, 0.25) is 0 Å². The quantitative estimate of drug-likeness (QED) is 0.211. The Morgan fingerprint density at radius 3 is 2.45 bits per heavy atom. The van der Waals surface area contributed by atoms with Gasteiger partial charge in [0.25, 0.3) is 0 Å². The average Bonchev–Trinajstić information content (AvgIpc) is 3.35. The largest absolute Gasteiger partial charge is 0.493 e. The van der Waals surface area contributed by atoms with Crippen LogP contribution in [0, 0.1) is 6.92 Å². The molecule has 0 spiro atoms. The number of amides is 2. The number of urea groups is 1. The number of hydrogen-bond acceptors (Lipinski definition) is 5. The van der Waals surface area contributed by atoms with Crippen LogP contribution in [-0.2, 0) is 11.8 Å². The zero-order valence-electron chi connectivity index (χ0n) is 23.2. The van der Waals surface area contributed by atoms with Gasteiger partial charge in [-0.15, -0.1) is 0 Å². The van der Waals surface area contributed by atoms with Crippen LogP contribution in [0.4, 0.5) is 22.0 Å². The number of aromatic nitrogens is 3. The lowest BCUT2D eigenvalue weighted by molar-refractivity contribution is 0.262. The van der Waals surface area contributed by atoms with Crippen molar-refractivity contribution in [3.8, 4) is 11.4 Å². The van der Waals surface area contributed by atoms with Gasteiger partial charge in [-0.2, -0.15) is 5.10 Å². The number of anilines is 3. The van der Waals surface area contributed by atoms with Crippen molar-refractivity contribution in [1.82, 2.24) is 14.8 Å². The van der Waals surface area contributed by atoms with Crippen molar-refractivity contribution in [2.45, 2.75) is 39.5 Å². The van der Waals surface area contributed by atoms with E-state index in [1.54, 1.807) is 17.1 Å². The zero-order valence-corrected chi connectivity index (χ0v) is 23.2. The van der Waals surface area contributed by atoms with Crippen LogP contribution >= 0.6 is 0 Å². The minimum atomic E-state index is -0.360. The van der Waals surface area contributed by atoms with E-state index in [9.17, 15) is 4.79 Å². The first-order valence-corrected chi connectivity index (χ1v) is 13.3. The summed E-state index contributed by atoms with van der Waals surface area (Å²) in [7, 11) is 0. The maximum Gasteiger partial charge on any atom is 0.324 e. The van der Waals surface area contributed by atoms with Crippen molar-refractivity contribution in [3.63, 3.8) is 0 Å².